The molecular weight excluding hydrogens is 202 g/mol. The van der Waals surface area contributed by atoms with Gasteiger partial charge >= 0.3 is 0 Å². The average molecular weight is 221 g/mol. The summed E-state index contributed by atoms with van der Waals surface area (Å²) in [4.78, 5) is 0. The standard InChI is InChI=1S/C13H19NO2/c1-9(15)8-16-13-5-3-4-10-11(13)6-7-12(10)14-2/h3-5,9,12,14-15H,6-8H2,1-2H3. The van der Waals surface area contributed by atoms with Gasteiger partial charge in [-0.3, -0.25) is 0 Å². The number of aliphatic hydroxyl groups is 1. The SMILES string of the molecule is CNC1CCc2c(OCC(C)O)cccc21. The molecule has 0 heterocycles. The van der Waals surface area contributed by atoms with E-state index in [4.69, 9.17) is 4.74 Å². The zero-order valence-electron chi connectivity index (χ0n) is 9.86. The van der Waals surface area contributed by atoms with Crippen molar-refractivity contribution in [2.24, 2.45) is 0 Å². The Morgan fingerprint density at radius 2 is 2.38 bits per heavy atom. The third-order valence-electron chi connectivity index (χ3n) is 3.06. The van der Waals surface area contributed by atoms with Gasteiger partial charge in [-0.25, -0.2) is 0 Å². The van der Waals surface area contributed by atoms with Gasteiger partial charge in [0.2, 0.25) is 0 Å². The number of nitrogens with one attached hydrogen (secondary N) is 1. The van der Waals surface area contributed by atoms with Crippen molar-refractivity contribution in [3.05, 3.63) is 29.3 Å². The Kier molecular flexibility index (Phi) is 3.46. The van der Waals surface area contributed by atoms with Crippen molar-refractivity contribution in [3.63, 3.8) is 0 Å². The van der Waals surface area contributed by atoms with E-state index < -0.39 is 6.10 Å². The topological polar surface area (TPSA) is 41.5 Å². The Morgan fingerprint density at radius 3 is 3.06 bits per heavy atom. The van der Waals surface area contributed by atoms with Crippen LogP contribution in [-0.4, -0.2) is 24.9 Å². The second-order valence-corrected chi connectivity index (χ2v) is 4.36. The van der Waals surface area contributed by atoms with Crippen molar-refractivity contribution >= 4 is 0 Å². The Hall–Kier alpha value is -1.06. The van der Waals surface area contributed by atoms with Crippen molar-refractivity contribution in [3.8, 4) is 5.75 Å². The maximum absolute atomic E-state index is 9.22. The second-order valence-electron chi connectivity index (χ2n) is 4.36. The highest BCUT2D eigenvalue weighted by molar-refractivity contribution is 5.45. The highest BCUT2D eigenvalue weighted by Gasteiger charge is 2.23. The smallest absolute Gasteiger partial charge is 0.122 e. The molecule has 2 atom stereocenters. The predicted molar refractivity (Wildman–Crippen MR) is 63.7 cm³/mol. The first-order valence-electron chi connectivity index (χ1n) is 5.82. The van der Waals surface area contributed by atoms with E-state index in [0.29, 0.717) is 12.6 Å². The third kappa shape index (κ3) is 2.20. The molecule has 0 radical (unpaired) electrons. The molecule has 0 aliphatic heterocycles. The first-order valence-corrected chi connectivity index (χ1v) is 5.82. The molecule has 1 aromatic carbocycles. The number of hydrogen-bond donors (Lipinski definition) is 2. The Labute approximate surface area is 96.4 Å². The first kappa shape index (κ1) is 11.4. The fourth-order valence-electron chi connectivity index (χ4n) is 2.27. The van der Waals surface area contributed by atoms with E-state index in [9.17, 15) is 5.11 Å². The summed E-state index contributed by atoms with van der Waals surface area (Å²) in [5.74, 6) is 0.927. The van der Waals surface area contributed by atoms with Crippen LogP contribution in [0.1, 0.15) is 30.5 Å². The van der Waals surface area contributed by atoms with Crippen LogP contribution in [0.3, 0.4) is 0 Å². The lowest BCUT2D eigenvalue weighted by Gasteiger charge is -2.13. The molecule has 2 unspecified atom stereocenters. The maximum Gasteiger partial charge on any atom is 0.122 e. The van der Waals surface area contributed by atoms with E-state index in [1.165, 1.54) is 11.1 Å². The molecule has 0 saturated carbocycles. The van der Waals surface area contributed by atoms with Gasteiger partial charge in [0, 0.05) is 6.04 Å². The number of benzene rings is 1. The van der Waals surface area contributed by atoms with Crippen molar-refractivity contribution < 1.29 is 9.84 Å². The summed E-state index contributed by atoms with van der Waals surface area (Å²) in [6.45, 7) is 2.10. The minimum Gasteiger partial charge on any atom is -0.491 e. The lowest BCUT2D eigenvalue weighted by atomic mass is 10.1. The van der Waals surface area contributed by atoms with E-state index in [2.05, 4.69) is 11.4 Å². The van der Waals surface area contributed by atoms with Gasteiger partial charge in [0.1, 0.15) is 12.4 Å². The minimum absolute atomic E-state index is 0.362. The van der Waals surface area contributed by atoms with E-state index in [1.54, 1.807) is 6.92 Å². The molecule has 2 N–H and O–H groups in total. The van der Waals surface area contributed by atoms with Crippen molar-refractivity contribution in [1.82, 2.24) is 5.32 Å². The van der Waals surface area contributed by atoms with Gasteiger partial charge < -0.3 is 15.2 Å². The molecule has 0 saturated heterocycles. The monoisotopic (exact) mass is 221 g/mol. The summed E-state index contributed by atoms with van der Waals surface area (Å²) in [7, 11) is 1.99. The van der Waals surface area contributed by atoms with Crippen LogP contribution in [0.5, 0.6) is 5.75 Å². The fraction of sp³-hybridized carbons (Fsp3) is 0.538. The molecule has 0 fully saturated rings. The van der Waals surface area contributed by atoms with E-state index in [1.807, 2.05) is 19.2 Å². The van der Waals surface area contributed by atoms with E-state index >= 15 is 0 Å². The van der Waals surface area contributed by atoms with Gasteiger partial charge in [-0.1, -0.05) is 12.1 Å². The molecule has 1 aliphatic rings. The molecule has 3 heteroatoms. The first-order chi connectivity index (χ1) is 7.72. The molecule has 1 aromatic rings. The summed E-state index contributed by atoms with van der Waals surface area (Å²) in [6, 6.07) is 6.61. The van der Waals surface area contributed by atoms with Crippen LogP contribution < -0.4 is 10.1 Å². The Bertz CT molecular complexity index is 363. The van der Waals surface area contributed by atoms with Gasteiger partial charge in [0.05, 0.1) is 6.10 Å². The minimum atomic E-state index is -0.419. The number of ether oxygens (including phenoxy) is 1. The largest absolute Gasteiger partial charge is 0.491 e. The number of fused-ring (bicyclic) bond motifs is 1. The third-order valence-corrected chi connectivity index (χ3v) is 3.06. The molecule has 0 amide bonds. The van der Waals surface area contributed by atoms with Gasteiger partial charge in [0.15, 0.2) is 0 Å². The second kappa shape index (κ2) is 4.85. The number of rotatable bonds is 4. The summed E-state index contributed by atoms with van der Waals surface area (Å²) < 4.78 is 5.63. The van der Waals surface area contributed by atoms with Crippen molar-refractivity contribution in [1.29, 1.82) is 0 Å². The van der Waals surface area contributed by atoms with Crippen molar-refractivity contribution in [2.75, 3.05) is 13.7 Å². The van der Waals surface area contributed by atoms with Crippen LogP contribution in [0.25, 0.3) is 0 Å². The summed E-state index contributed by atoms with van der Waals surface area (Å²) in [5.41, 5.74) is 2.63. The Morgan fingerprint density at radius 1 is 1.56 bits per heavy atom. The molecule has 0 spiro atoms. The lowest BCUT2D eigenvalue weighted by Crippen LogP contribution is -2.14. The molecule has 3 nitrogen and oxygen atoms in total. The van der Waals surface area contributed by atoms with Crippen LogP contribution >= 0.6 is 0 Å². The van der Waals surface area contributed by atoms with Gasteiger partial charge in [-0.05, 0) is 44.0 Å². The summed E-state index contributed by atoms with van der Waals surface area (Å²) in [5, 5.41) is 12.5. The predicted octanol–water partition coefficient (Wildman–Crippen LogP) is 1.65. The van der Waals surface area contributed by atoms with E-state index in [0.717, 1.165) is 18.6 Å². The molecule has 0 bridgehead atoms. The zero-order chi connectivity index (χ0) is 11.5. The lowest BCUT2D eigenvalue weighted by molar-refractivity contribution is 0.122. The molecule has 88 valence electrons. The van der Waals surface area contributed by atoms with Crippen molar-refractivity contribution in [2.45, 2.75) is 31.9 Å². The van der Waals surface area contributed by atoms with E-state index in [-0.39, 0.29) is 0 Å². The van der Waals surface area contributed by atoms with Crippen LogP contribution in [0.15, 0.2) is 18.2 Å². The highest BCUT2D eigenvalue weighted by atomic mass is 16.5. The van der Waals surface area contributed by atoms with Gasteiger partial charge in [-0.15, -0.1) is 0 Å². The van der Waals surface area contributed by atoms with Crippen LogP contribution in [0.4, 0.5) is 0 Å². The highest BCUT2D eigenvalue weighted by Crippen LogP contribution is 2.36. The van der Waals surface area contributed by atoms with Gasteiger partial charge in [0.25, 0.3) is 0 Å². The molecule has 2 rings (SSSR count). The Balaban J connectivity index is 2.18. The molecule has 1 aliphatic carbocycles. The summed E-state index contributed by atoms with van der Waals surface area (Å²) >= 11 is 0. The normalized spacial score (nSPS) is 20.6. The van der Waals surface area contributed by atoms with Crippen LogP contribution in [0, 0.1) is 0 Å². The zero-order valence-corrected chi connectivity index (χ0v) is 9.86. The number of hydrogen-bond acceptors (Lipinski definition) is 3. The van der Waals surface area contributed by atoms with Crippen LogP contribution in [0.2, 0.25) is 0 Å². The summed E-state index contributed by atoms with van der Waals surface area (Å²) in [6.07, 6.45) is 1.76. The van der Waals surface area contributed by atoms with Crippen LogP contribution in [-0.2, 0) is 6.42 Å². The average Bonchev–Trinajstić information content (AvgIpc) is 2.69. The maximum atomic E-state index is 9.22. The number of aliphatic hydroxyl groups excluding tert-OH is 1. The van der Waals surface area contributed by atoms with Gasteiger partial charge in [-0.2, -0.15) is 0 Å². The fourth-order valence-corrected chi connectivity index (χ4v) is 2.27. The molecule has 0 aromatic heterocycles. The quantitative estimate of drug-likeness (QED) is 0.812. The molecular formula is C13H19NO2. The molecule has 16 heavy (non-hydrogen) atoms.